The summed E-state index contributed by atoms with van der Waals surface area (Å²) in [5.74, 6) is 1.22. The van der Waals surface area contributed by atoms with Crippen LogP contribution in [0, 0.1) is 0 Å². The van der Waals surface area contributed by atoms with Gasteiger partial charge in [-0.2, -0.15) is 5.10 Å². The summed E-state index contributed by atoms with van der Waals surface area (Å²) in [6, 6.07) is 7.12. The smallest absolute Gasteiger partial charge is 0.290 e. The zero-order chi connectivity index (χ0) is 29.4. The summed E-state index contributed by atoms with van der Waals surface area (Å²) < 4.78 is 1.33. The van der Waals surface area contributed by atoms with E-state index in [9.17, 15) is 14.4 Å². The highest BCUT2D eigenvalue weighted by molar-refractivity contribution is 7.14. The molecule has 2 N–H and O–H groups in total. The number of anilines is 3. The molecule has 42 heavy (non-hydrogen) atoms. The molecule has 1 aliphatic carbocycles. The monoisotopic (exact) mass is 590 g/mol. The highest BCUT2D eigenvalue weighted by Gasteiger charge is 2.32. The van der Waals surface area contributed by atoms with Crippen LogP contribution in [0.5, 0.6) is 0 Å². The predicted octanol–water partition coefficient (Wildman–Crippen LogP) is 2.70. The highest BCUT2D eigenvalue weighted by atomic mass is 32.1. The van der Waals surface area contributed by atoms with E-state index in [1.807, 2.05) is 25.1 Å². The van der Waals surface area contributed by atoms with E-state index in [1.165, 1.54) is 28.0 Å². The van der Waals surface area contributed by atoms with Crippen LogP contribution in [-0.2, 0) is 24.7 Å². The number of aryl methyl sites for hydroxylation is 3. The Bertz CT molecular complexity index is 1510. The topological polar surface area (TPSA) is 116 Å². The van der Waals surface area contributed by atoms with Crippen LogP contribution < -0.4 is 21.1 Å². The van der Waals surface area contributed by atoms with Gasteiger partial charge in [-0.15, -0.1) is 11.3 Å². The number of fused-ring (bicyclic) bond motifs is 1. The van der Waals surface area contributed by atoms with Crippen LogP contribution in [0.15, 0.2) is 35.3 Å². The van der Waals surface area contributed by atoms with Gasteiger partial charge >= 0.3 is 0 Å². The lowest BCUT2D eigenvalue weighted by molar-refractivity contribution is -0.139. The van der Waals surface area contributed by atoms with Crippen molar-refractivity contribution in [3.63, 3.8) is 0 Å². The second-order valence-electron chi connectivity index (χ2n) is 11.6. The number of hydrogen-bond acceptors (Lipinski definition) is 9. The van der Waals surface area contributed by atoms with Crippen LogP contribution >= 0.6 is 11.3 Å². The summed E-state index contributed by atoms with van der Waals surface area (Å²) in [6.07, 6.45) is 8.04. The standard InChI is InChI=1S/C30H38N8O3S/c1-35-13-14-36(2)30(41)27(35)20-10-11-25(31-17-20)33-22-16-26(34-37(3)29(22)40)38-12-6-8-21(18-38)32-28(39)24-15-19-7-4-5-9-23(19)42-24/h10-11,15-17,21,27H,4-9,12-14,18H2,1-3H3,(H,31,33)(H,32,39)/t21-,27+/m1/s1. The Balaban J connectivity index is 1.14. The Morgan fingerprint density at radius 1 is 1.02 bits per heavy atom. The average molecular weight is 591 g/mol. The van der Waals surface area contributed by atoms with Gasteiger partial charge in [0, 0.05) is 63.5 Å². The summed E-state index contributed by atoms with van der Waals surface area (Å²) in [7, 11) is 5.39. The molecule has 0 saturated carbocycles. The molecule has 0 aromatic carbocycles. The number of aromatic nitrogens is 3. The first-order valence-corrected chi connectivity index (χ1v) is 15.5. The molecule has 0 unspecified atom stereocenters. The van der Waals surface area contributed by atoms with Crippen molar-refractivity contribution in [1.82, 2.24) is 29.9 Å². The maximum atomic E-state index is 13.1. The zero-order valence-electron chi connectivity index (χ0n) is 24.4. The van der Waals surface area contributed by atoms with Crippen molar-refractivity contribution in [3.8, 4) is 0 Å². The third kappa shape index (κ3) is 5.78. The number of thiophene rings is 1. The molecular weight excluding hydrogens is 552 g/mol. The van der Waals surface area contributed by atoms with E-state index in [2.05, 4.69) is 31.7 Å². The summed E-state index contributed by atoms with van der Waals surface area (Å²) in [5, 5.41) is 10.9. The minimum absolute atomic E-state index is 0.000636. The zero-order valence-corrected chi connectivity index (χ0v) is 25.2. The molecule has 5 heterocycles. The SMILES string of the molecule is CN1CCN(C)[C@@H](c2ccc(Nc3cc(N4CCC[C@@H](NC(=O)c5cc6c(s5)CCCC6)C4)nn(C)c3=O)nc2)C1=O. The molecule has 0 bridgehead atoms. The molecule has 6 rings (SSSR count). The molecule has 0 radical (unpaired) electrons. The van der Waals surface area contributed by atoms with E-state index in [-0.39, 0.29) is 29.5 Å². The molecule has 11 nitrogen and oxygen atoms in total. The maximum Gasteiger partial charge on any atom is 0.290 e. The van der Waals surface area contributed by atoms with E-state index in [1.54, 1.807) is 41.6 Å². The lowest BCUT2D eigenvalue weighted by Gasteiger charge is -2.36. The Morgan fingerprint density at radius 3 is 2.64 bits per heavy atom. The third-order valence-corrected chi connectivity index (χ3v) is 9.79. The fraction of sp³-hybridized carbons (Fsp3) is 0.500. The number of nitrogens with zero attached hydrogens (tertiary/aromatic N) is 6. The number of pyridine rings is 1. The van der Waals surface area contributed by atoms with Gasteiger partial charge in [0.15, 0.2) is 5.82 Å². The summed E-state index contributed by atoms with van der Waals surface area (Å²) in [4.78, 5) is 51.4. The van der Waals surface area contributed by atoms with E-state index in [4.69, 9.17) is 0 Å². The van der Waals surface area contributed by atoms with Crippen LogP contribution in [0.4, 0.5) is 17.3 Å². The van der Waals surface area contributed by atoms with Gasteiger partial charge in [0.25, 0.3) is 11.5 Å². The van der Waals surface area contributed by atoms with Crippen molar-refractivity contribution in [1.29, 1.82) is 0 Å². The van der Waals surface area contributed by atoms with Crippen molar-refractivity contribution < 1.29 is 9.59 Å². The van der Waals surface area contributed by atoms with Gasteiger partial charge in [-0.05, 0) is 68.8 Å². The first-order valence-electron chi connectivity index (χ1n) is 14.7. The molecule has 222 valence electrons. The molecular formula is C30H38N8O3S. The molecule has 2 aliphatic heterocycles. The van der Waals surface area contributed by atoms with E-state index in [0.29, 0.717) is 30.4 Å². The Hall–Kier alpha value is -3.77. The lowest BCUT2D eigenvalue weighted by Crippen LogP contribution is -2.49. The Kier molecular flexibility index (Phi) is 8.00. The van der Waals surface area contributed by atoms with E-state index >= 15 is 0 Å². The lowest BCUT2D eigenvalue weighted by atomic mass is 9.99. The molecule has 12 heteroatoms. The number of carbonyl (C=O) groups is 2. The number of hydrogen-bond donors (Lipinski definition) is 2. The molecule has 0 spiro atoms. The quantitative estimate of drug-likeness (QED) is 0.451. The second kappa shape index (κ2) is 11.8. The van der Waals surface area contributed by atoms with E-state index < -0.39 is 0 Å². The van der Waals surface area contributed by atoms with Gasteiger partial charge in [0.05, 0.1) is 4.88 Å². The second-order valence-corrected chi connectivity index (χ2v) is 12.8. The molecule has 2 amide bonds. The number of rotatable bonds is 6. The van der Waals surface area contributed by atoms with E-state index in [0.717, 1.165) is 49.2 Å². The van der Waals surface area contributed by atoms with Gasteiger partial charge in [-0.3, -0.25) is 19.3 Å². The minimum Gasteiger partial charge on any atom is -0.353 e. The number of likely N-dealkylation sites (N-methyl/N-ethyl adjacent to an activating group) is 2. The van der Waals surface area contributed by atoms with Gasteiger partial charge in [-0.25, -0.2) is 9.67 Å². The molecule has 2 fully saturated rings. The predicted molar refractivity (Wildman–Crippen MR) is 164 cm³/mol. The van der Waals surface area contributed by atoms with Crippen molar-refractivity contribution >= 4 is 40.5 Å². The largest absolute Gasteiger partial charge is 0.353 e. The van der Waals surface area contributed by atoms with Crippen LogP contribution in [-0.4, -0.2) is 82.7 Å². The first kappa shape index (κ1) is 28.4. The summed E-state index contributed by atoms with van der Waals surface area (Å²) in [6.45, 7) is 2.90. The number of amides is 2. The fourth-order valence-corrected chi connectivity index (χ4v) is 7.28. The van der Waals surface area contributed by atoms with Crippen molar-refractivity contribution in [2.24, 2.45) is 7.05 Å². The molecule has 2 atom stereocenters. The summed E-state index contributed by atoms with van der Waals surface area (Å²) in [5.41, 5.74) is 2.25. The minimum atomic E-state index is -0.372. The number of carbonyl (C=O) groups excluding carboxylic acids is 2. The number of piperazine rings is 1. The molecule has 2 saturated heterocycles. The van der Waals surface area contributed by atoms with Gasteiger partial charge in [0.2, 0.25) is 5.91 Å². The van der Waals surface area contributed by atoms with Crippen LogP contribution in [0.2, 0.25) is 0 Å². The van der Waals surface area contributed by atoms with Crippen molar-refractivity contribution in [3.05, 3.63) is 61.7 Å². The van der Waals surface area contributed by atoms with Gasteiger partial charge in [0.1, 0.15) is 17.5 Å². The fourth-order valence-electron chi connectivity index (χ4n) is 6.12. The molecule has 3 aromatic heterocycles. The average Bonchev–Trinajstić information content (AvgIpc) is 3.43. The first-order chi connectivity index (χ1) is 20.3. The van der Waals surface area contributed by atoms with Crippen molar-refractivity contribution in [2.45, 2.75) is 50.6 Å². The highest BCUT2D eigenvalue weighted by Crippen LogP contribution is 2.30. The normalized spacial score (nSPS) is 21.3. The van der Waals surface area contributed by atoms with Crippen LogP contribution in [0.3, 0.4) is 0 Å². The van der Waals surface area contributed by atoms with Crippen LogP contribution in [0.25, 0.3) is 0 Å². The number of piperidine rings is 1. The van der Waals surface area contributed by atoms with Gasteiger partial charge < -0.3 is 20.4 Å². The van der Waals surface area contributed by atoms with Crippen molar-refractivity contribution in [2.75, 3.05) is 50.5 Å². The molecule has 3 aromatic rings. The molecule has 3 aliphatic rings. The number of nitrogens with one attached hydrogen (secondary N) is 2. The Labute approximate surface area is 249 Å². The third-order valence-electron chi connectivity index (χ3n) is 8.56. The summed E-state index contributed by atoms with van der Waals surface area (Å²) >= 11 is 1.63. The van der Waals surface area contributed by atoms with Gasteiger partial charge in [-0.1, -0.05) is 6.07 Å². The maximum absolute atomic E-state index is 13.1. The van der Waals surface area contributed by atoms with Crippen LogP contribution in [0.1, 0.15) is 57.4 Å². The Morgan fingerprint density at radius 2 is 1.86 bits per heavy atom.